The predicted molar refractivity (Wildman–Crippen MR) is 60.6 cm³/mol. The Morgan fingerprint density at radius 3 is 2.80 bits per heavy atom. The SMILES string of the molecule is c1cnnc(-c2cc3cccnc3s2)c1. The highest BCUT2D eigenvalue weighted by atomic mass is 32.1. The molecule has 0 aliphatic carbocycles. The van der Waals surface area contributed by atoms with Gasteiger partial charge in [-0.05, 0) is 24.3 Å². The molecule has 15 heavy (non-hydrogen) atoms. The standard InChI is InChI=1S/C11H7N3S/c1-3-8-7-10(15-11(8)12-5-1)9-4-2-6-13-14-9/h1-7H. The summed E-state index contributed by atoms with van der Waals surface area (Å²) in [5.74, 6) is 0. The lowest BCUT2D eigenvalue weighted by Gasteiger charge is -1.90. The molecule has 0 aromatic carbocycles. The number of thiophene rings is 1. The topological polar surface area (TPSA) is 38.7 Å². The van der Waals surface area contributed by atoms with Gasteiger partial charge in [-0.3, -0.25) is 0 Å². The minimum Gasteiger partial charge on any atom is -0.245 e. The van der Waals surface area contributed by atoms with Gasteiger partial charge in [-0.25, -0.2) is 4.98 Å². The normalized spacial score (nSPS) is 10.7. The number of nitrogens with zero attached hydrogens (tertiary/aromatic N) is 3. The van der Waals surface area contributed by atoms with E-state index >= 15 is 0 Å². The molecular formula is C11H7N3S. The van der Waals surface area contributed by atoms with Crippen molar-refractivity contribution in [2.45, 2.75) is 0 Å². The zero-order valence-electron chi connectivity index (χ0n) is 7.79. The van der Waals surface area contributed by atoms with Crippen molar-refractivity contribution >= 4 is 21.6 Å². The van der Waals surface area contributed by atoms with Crippen LogP contribution in [-0.4, -0.2) is 15.2 Å². The second-order valence-electron chi connectivity index (χ2n) is 3.12. The number of hydrogen-bond acceptors (Lipinski definition) is 4. The Morgan fingerprint density at radius 1 is 1.07 bits per heavy atom. The van der Waals surface area contributed by atoms with Gasteiger partial charge in [0, 0.05) is 17.8 Å². The van der Waals surface area contributed by atoms with E-state index in [2.05, 4.69) is 27.3 Å². The van der Waals surface area contributed by atoms with E-state index < -0.39 is 0 Å². The highest BCUT2D eigenvalue weighted by molar-refractivity contribution is 7.21. The first-order valence-electron chi connectivity index (χ1n) is 4.56. The van der Waals surface area contributed by atoms with Gasteiger partial charge >= 0.3 is 0 Å². The van der Waals surface area contributed by atoms with Crippen molar-refractivity contribution in [3.05, 3.63) is 42.7 Å². The van der Waals surface area contributed by atoms with E-state index in [1.807, 2.05) is 18.2 Å². The van der Waals surface area contributed by atoms with Crippen LogP contribution in [0.15, 0.2) is 42.7 Å². The molecule has 3 rings (SSSR count). The Hall–Kier alpha value is -1.81. The van der Waals surface area contributed by atoms with Crippen LogP contribution in [0.1, 0.15) is 0 Å². The van der Waals surface area contributed by atoms with Crippen LogP contribution in [0.25, 0.3) is 20.8 Å². The van der Waals surface area contributed by atoms with Crippen LogP contribution in [0.5, 0.6) is 0 Å². The van der Waals surface area contributed by atoms with Gasteiger partial charge in [0.1, 0.15) is 10.5 Å². The van der Waals surface area contributed by atoms with Gasteiger partial charge in [0.2, 0.25) is 0 Å². The van der Waals surface area contributed by atoms with Gasteiger partial charge in [0.05, 0.1) is 4.88 Å². The number of rotatable bonds is 1. The summed E-state index contributed by atoms with van der Waals surface area (Å²) in [5.41, 5.74) is 0.903. The number of aromatic nitrogens is 3. The maximum Gasteiger partial charge on any atom is 0.123 e. The van der Waals surface area contributed by atoms with Crippen molar-refractivity contribution in [3.8, 4) is 10.6 Å². The van der Waals surface area contributed by atoms with Crippen LogP contribution in [0.4, 0.5) is 0 Å². The first-order chi connectivity index (χ1) is 7.43. The van der Waals surface area contributed by atoms with Crippen LogP contribution in [0.3, 0.4) is 0 Å². The van der Waals surface area contributed by atoms with E-state index in [-0.39, 0.29) is 0 Å². The van der Waals surface area contributed by atoms with Gasteiger partial charge in [-0.15, -0.1) is 16.4 Å². The second kappa shape index (κ2) is 3.40. The third kappa shape index (κ3) is 1.49. The fraction of sp³-hybridized carbons (Fsp3) is 0. The first-order valence-corrected chi connectivity index (χ1v) is 5.38. The molecule has 0 aliphatic rings. The maximum atomic E-state index is 4.30. The van der Waals surface area contributed by atoms with Crippen molar-refractivity contribution < 1.29 is 0 Å². The molecule has 0 radical (unpaired) electrons. The molecule has 0 saturated heterocycles. The molecule has 0 unspecified atom stereocenters. The van der Waals surface area contributed by atoms with E-state index in [4.69, 9.17) is 0 Å². The summed E-state index contributed by atoms with van der Waals surface area (Å²) in [6.45, 7) is 0. The van der Waals surface area contributed by atoms with Gasteiger partial charge in [-0.1, -0.05) is 6.07 Å². The fourth-order valence-corrected chi connectivity index (χ4v) is 2.40. The largest absolute Gasteiger partial charge is 0.245 e. The van der Waals surface area contributed by atoms with Gasteiger partial charge in [0.15, 0.2) is 0 Å². The van der Waals surface area contributed by atoms with E-state index in [0.717, 1.165) is 20.8 Å². The van der Waals surface area contributed by atoms with Gasteiger partial charge in [-0.2, -0.15) is 5.10 Å². The Labute approximate surface area is 90.4 Å². The van der Waals surface area contributed by atoms with E-state index in [0.29, 0.717) is 0 Å². The lowest BCUT2D eigenvalue weighted by atomic mass is 10.3. The van der Waals surface area contributed by atoms with Crippen LogP contribution in [-0.2, 0) is 0 Å². The minimum atomic E-state index is 0.903. The van der Waals surface area contributed by atoms with Gasteiger partial charge < -0.3 is 0 Å². The molecule has 0 fully saturated rings. The first kappa shape index (κ1) is 8.49. The molecule has 3 aromatic rings. The van der Waals surface area contributed by atoms with E-state index in [1.54, 1.807) is 23.7 Å². The van der Waals surface area contributed by atoms with Crippen molar-refractivity contribution in [3.63, 3.8) is 0 Å². The van der Waals surface area contributed by atoms with E-state index in [1.165, 1.54) is 0 Å². The molecule has 4 heteroatoms. The minimum absolute atomic E-state index is 0.903. The molecular weight excluding hydrogens is 206 g/mol. The van der Waals surface area contributed by atoms with Crippen LogP contribution < -0.4 is 0 Å². The average Bonchev–Trinajstić information content (AvgIpc) is 2.74. The van der Waals surface area contributed by atoms with Crippen LogP contribution in [0.2, 0.25) is 0 Å². The number of hydrogen-bond donors (Lipinski definition) is 0. The highest BCUT2D eigenvalue weighted by Gasteiger charge is 2.05. The molecule has 0 spiro atoms. The van der Waals surface area contributed by atoms with Crippen molar-refractivity contribution in [1.82, 2.24) is 15.2 Å². The Kier molecular flexibility index (Phi) is 1.93. The molecule has 3 aromatic heterocycles. The summed E-state index contributed by atoms with van der Waals surface area (Å²) >= 11 is 1.64. The molecule has 0 amide bonds. The summed E-state index contributed by atoms with van der Waals surface area (Å²) in [6.07, 6.45) is 3.48. The predicted octanol–water partition coefficient (Wildman–Crippen LogP) is 2.75. The Balaban J connectivity index is 2.21. The number of pyridine rings is 1. The van der Waals surface area contributed by atoms with Crippen LogP contribution >= 0.6 is 11.3 Å². The average molecular weight is 213 g/mol. The highest BCUT2D eigenvalue weighted by Crippen LogP contribution is 2.30. The van der Waals surface area contributed by atoms with Crippen LogP contribution in [0, 0.1) is 0 Å². The Bertz CT molecular complexity index is 556. The van der Waals surface area contributed by atoms with Crippen molar-refractivity contribution in [1.29, 1.82) is 0 Å². The molecule has 3 nitrogen and oxygen atoms in total. The summed E-state index contributed by atoms with van der Waals surface area (Å²) in [6, 6.07) is 9.93. The monoisotopic (exact) mass is 213 g/mol. The molecule has 0 aliphatic heterocycles. The molecule has 0 bridgehead atoms. The quantitative estimate of drug-likeness (QED) is 0.624. The zero-order valence-corrected chi connectivity index (χ0v) is 8.61. The second-order valence-corrected chi connectivity index (χ2v) is 4.15. The molecule has 72 valence electrons. The van der Waals surface area contributed by atoms with Gasteiger partial charge in [0.25, 0.3) is 0 Å². The zero-order chi connectivity index (χ0) is 10.1. The lowest BCUT2D eigenvalue weighted by molar-refractivity contribution is 1.04. The third-order valence-electron chi connectivity index (χ3n) is 2.12. The summed E-state index contributed by atoms with van der Waals surface area (Å²) in [4.78, 5) is 6.45. The van der Waals surface area contributed by atoms with Crippen molar-refractivity contribution in [2.75, 3.05) is 0 Å². The molecule has 0 atom stereocenters. The van der Waals surface area contributed by atoms with Crippen molar-refractivity contribution in [2.24, 2.45) is 0 Å². The molecule has 0 saturated carbocycles. The maximum absolute atomic E-state index is 4.30. The van der Waals surface area contributed by atoms with E-state index in [9.17, 15) is 0 Å². The number of fused-ring (bicyclic) bond motifs is 1. The smallest absolute Gasteiger partial charge is 0.123 e. The Morgan fingerprint density at radius 2 is 2.00 bits per heavy atom. The molecule has 3 heterocycles. The fourth-order valence-electron chi connectivity index (χ4n) is 1.43. The summed E-state index contributed by atoms with van der Waals surface area (Å²) in [7, 11) is 0. The molecule has 0 N–H and O–H groups in total. The summed E-state index contributed by atoms with van der Waals surface area (Å²) in [5, 5.41) is 9.10. The lowest BCUT2D eigenvalue weighted by Crippen LogP contribution is -1.81. The third-order valence-corrected chi connectivity index (χ3v) is 3.20. The summed E-state index contributed by atoms with van der Waals surface area (Å²) < 4.78 is 0.